The summed E-state index contributed by atoms with van der Waals surface area (Å²) < 4.78 is 8.60. The summed E-state index contributed by atoms with van der Waals surface area (Å²) in [7, 11) is 0. The van der Waals surface area contributed by atoms with E-state index >= 15 is 0 Å². The third kappa shape index (κ3) is 2.30. The van der Waals surface area contributed by atoms with E-state index in [1.54, 1.807) is 22.8 Å². The van der Waals surface area contributed by atoms with Gasteiger partial charge in [0.25, 0.3) is 0 Å². The Kier molecular flexibility index (Phi) is 3.38. The van der Waals surface area contributed by atoms with Crippen LogP contribution in [-0.4, -0.2) is 27.1 Å². The van der Waals surface area contributed by atoms with E-state index < -0.39 is 0 Å². The van der Waals surface area contributed by atoms with Crippen molar-refractivity contribution < 1.29 is 4.74 Å². The second kappa shape index (κ2) is 5.16. The fourth-order valence-electron chi connectivity index (χ4n) is 1.70. The van der Waals surface area contributed by atoms with Gasteiger partial charge in [-0.05, 0) is 12.1 Å². The lowest BCUT2D eigenvalue weighted by Gasteiger charge is -2.20. The molecule has 0 fully saturated rings. The number of hydrogen-bond acceptors (Lipinski definition) is 4. The van der Waals surface area contributed by atoms with Gasteiger partial charge in [-0.15, -0.1) is 0 Å². The minimum Gasteiger partial charge on any atom is -0.489 e. The quantitative estimate of drug-likeness (QED) is 0.851. The van der Waals surface area contributed by atoms with Crippen LogP contribution in [0.25, 0.3) is 10.8 Å². The van der Waals surface area contributed by atoms with Gasteiger partial charge in [-0.2, -0.15) is 5.10 Å². The Labute approximate surface area is 117 Å². The first-order chi connectivity index (χ1) is 8.84. The van der Waals surface area contributed by atoms with Gasteiger partial charge < -0.3 is 4.74 Å². The second-order valence-corrected chi connectivity index (χ2v) is 5.68. The molecule has 0 spiro atoms. The van der Waals surface area contributed by atoms with Crippen molar-refractivity contribution in [3.63, 3.8) is 0 Å². The van der Waals surface area contributed by atoms with Gasteiger partial charge in [-0.1, -0.05) is 39.8 Å². The maximum Gasteiger partial charge on any atom is 0.158 e. The monoisotopic (exact) mass is 323 g/mol. The van der Waals surface area contributed by atoms with Gasteiger partial charge in [0, 0.05) is 15.8 Å². The minimum atomic E-state index is 0.717. The van der Waals surface area contributed by atoms with Crippen LogP contribution in [0.3, 0.4) is 0 Å². The van der Waals surface area contributed by atoms with Crippen LogP contribution >= 0.6 is 27.7 Å². The number of thioether (sulfide) groups is 1. The summed E-state index contributed by atoms with van der Waals surface area (Å²) in [5.74, 6) is 1.79. The number of nitrogens with zero attached hydrogens (tertiary/aromatic N) is 3. The molecule has 1 aromatic carbocycles. The third-order valence-corrected chi connectivity index (χ3v) is 4.04. The zero-order valence-electron chi connectivity index (χ0n) is 9.41. The molecule has 1 aliphatic heterocycles. The summed E-state index contributed by atoms with van der Waals surface area (Å²) in [6.45, 7) is 0.717. The van der Waals surface area contributed by atoms with E-state index in [9.17, 15) is 0 Å². The lowest BCUT2D eigenvalue weighted by Crippen LogP contribution is -2.10. The average Bonchev–Trinajstić information content (AvgIpc) is 2.93. The molecule has 18 heavy (non-hydrogen) atoms. The van der Waals surface area contributed by atoms with Crippen LogP contribution in [-0.2, 0) is 4.74 Å². The number of ether oxygens (including phenoxy) is 1. The van der Waals surface area contributed by atoms with Gasteiger partial charge in [0.05, 0.1) is 6.61 Å². The first-order valence-corrected chi connectivity index (χ1v) is 7.23. The number of hydrogen-bond donors (Lipinski definition) is 0. The summed E-state index contributed by atoms with van der Waals surface area (Å²) in [5, 5.41) is 5.16. The summed E-state index contributed by atoms with van der Waals surface area (Å²) in [6.07, 6.45) is 3.22. The molecule has 0 saturated carbocycles. The lowest BCUT2D eigenvalue weighted by atomic mass is 10.2. The molecule has 2 aromatic rings. The van der Waals surface area contributed by atoms with Crippen molar-refractivity contribution in [2.75, 3.05) is 12.4 Å². The highest BCUT2D eigenvalue weighted by Crippen LogP contribution is 2.35. The molecular weight excluding hydrogens is 314 g/mol. The smallest absolute Gasteiger partial charge is 0.158 e. The van der Waals surface area contributed by atoms with Crippen LogP contribution < -0.4 is 0 Å². The van der Waals surface area contributed by atoms with Crippen LogP contribution in [0, 0.1) is 0 Å². The molecule has 6 heteroatoms. The van der Waals surface area contributed by atoms with Crippen LogP contribution in [0.4, 0.5) is 0 Å². The predicted octanol–water partition coefficient (Wildman–Crippen LogP) is 3.09. The van der Waals surface area contributed by atoms with Crippen molar-refractivity contribution in [3.8, 4) is 0 Å². The molecular formula is C12H10BrN3OS. The van der Waals surface area contributed by atoms with Crippen molar-refractivity contribution in [2.45, 2.75) is 0 Å². The van der Waals surface area contributed by atoms with E-state index in [-0.39, 0.29) is 0 Å². The summed E-state index contributed by atoms with van der Waals surface area (Å²) in [6, 6.07) is 8.07. The zero-order chi connectivity index (χ0) is 12.4. The van der Waals surface area contributed by atoms with Crippen LogP contribution in [0.15, 0.2) is 41.4 Å². The Morgan fingerprint density at radius 2 is 2.11 bits per heavy atom. The Hall–Kier alpha value is -1.27. The highest BCUT2D eigenvalue weighted by atomic mass is 79.9. The van der Waals surface area contributed by atoms with E-state index in [1.165, 1.54) is 6.33 Å². The Morgan fingerprint density at radius 3 is 2.83 bits per heavy atom. The molecule has 0 atom stereocenters. The zero-order valence-corrected chi connectivity index (χ0v) is 11.8. The summed E-state index contributed by atoms with van der Waals surface area (Å²) >= 11 is 5.17. The number of benzene rings is 1. The number of halogens is 1. The van der Waals surface area contributed by atoms with E-state index in [0.29, 0.717) is 6.61 Å². The van der Waals surface area contributed by atoms with Gasteiger partial charge in [0.2, 0.25) is 0 Å². The molecule has 0 saturated heterocycles. The van der Waals surface area contributed by atoms with Crippen molar-refractivity contribution in [1.29, 1.82) is 0 Å². The largest absolute Gasteiger partial charge is 0.489 e. The van der Waals surface area contributed by atoms with Gasteiger partial charge in [0.1, 0.15) is 17.7 Å². The first-order valence-electron chi connectivity index (χ1n) is 5.45. The Balaban J connectivity index is 2.07. The fraction of sp³-hybridized carbons (Fsp3) is 0.167. The summed E-state index contributed by atoms with van der Waals surface area (Å²) in [5.41, 5.74) is 1.05. The predicted molar refractivity (Wildman–Crippen MR) is 75.7 cm³/mol. The maximum absolute atomic E-state index is 5.80. The average molecular weight is 324 g/mol. The van der Waals surface area contributed by atoms with Crippen LogP contribution in [0.1, 0.15) is 5.56 Å². The van der Waals surface area contributed by atoms with Gasteiger partial charge >= 0.3 is 0 Å². The maximum atomic E-state index is 5.80. The molecule has 1 aliphatic rings. The molecule has 0 aliphatic carbocycles. The molecule has 92 valence electrons. The molecule has 0 amide bonds. The SMILES string of the molecule is Brc1ccc(C2=C(n3cncn3)SCCO2)cc1. The number of aromatic nitrogens is 3. The van der Waals surface area contributed by atoms with Gasteiger partial charge in [-0.3, -0.25) is 0 Å². The molecule has 2 heterocycles. The van der Waals surface area contributed by atoms with Crippen molar-refractivity contribution >= 4 is 38.5 Å². The molecule has 0 unspecified atom stereocenters. The lowest BCUT2D eigenvalue weighted by molar-refractivity contribution is 0.299. The van der Waals surface area contributed by atoms with E-state index in [0.717, 1.165) is 26.6 Å². The molecule has 0 radical (unpaired) electrons. The van der Waals surface area contributed by atoms with E-state index in [2.05, 4.69) is 26.0 Å². The van der Waals surface area contributed by atoms with Crippen molar-refractivity contribution in [3.05, 3.63) is 47.0 Å². The van der Waals surface area contributed by atoms with Gasteiger partial charge in [0.15, 0.2) is 5.76 Å². The van der Waals surface area contributed by atoms with Crippen LogP contribution in [0.5, 0.6) is 0 Å². The third-order valence-electron chi connectivity index (χ3n) is 2.50. The Bertz CT molecular complexity index is 566. The van der Waals surface area contributed by atoms with E-state index in [4.69, 9.17) is 4.74 Å². The Morgan fingerprint density at radius 1 is 1.28 bits per heavy atom. The first kappa shape index (κ1) is 11.8. The normalized spacial score (nSPS) is 15.6. The van der Waals surface area contributed by atoms with Crippen molar-refractivity contribution in [1.82, 2.24) is 14.8 Å². The number of rotatable bonds is 2. The fourth-order valence-corrected chi connectivity index (χ4v) is 2.86. The minimum absolute atomic E-state index is 0.717. The highest BCUT2D eigenvalue weighted by molar-refractivity contribution is 9.10. The van der Waals surface area contributed by atoms with Crippen LogP contribution in [0.2, 0.25) is 0 Å². The van der Waals surface area contributed by atoms with E-state index in [1.807, 2.05) is 24.3 Å². The second-order valence-electron chi connectivity index (χ2n) is 3.68. The highest BCUT2D eigenvalue weighted by Gasteiger charge is 2.18. The molecule has 0 bridgehead atoms. The molecule has 4 nitrogen and oxygen atoms in total. The topological polar surface area (TPSA) is 39.9 Å². The molecule has 1 aromatic heterocycles. The molecule has 0 N–H and O–H groups in total. The van der Waals surface area contributed by atoms with Gasteiger partial charge in [-0.25, -0.2) is 9.67 Å². The molecule has 3 rings (SSSR count). The standard InChI is InChI=1S/C12H10BrN3OS/c13-10-3-1-9(2-4-10)11-12(18-6-5-17-11)16-8-14-7-15-16/h1-4,7-8H,5-6H2. The van der Waals surface area contributed by atoms with Crippen molar-refractivity contribution in [2.24, 2.45) is 0 Å². The summed E-state index contributed by atoms with van der Waals surface area (Å²) in [4.78, 5) is 3.98.